The van der Waals surface area contributed by atoms with Gasteiger partial charge in [-0.25, -0.2) is 0 Å². The van der Waals surface area contributed by atoms with Crippen LogP contribution in [0.5, 0.6) is 0 Å². The molecule has 0 aliphatic heterocycles. The Labute approximate surface area is 108 Å². The fourth-order valence-corrected chi connectivity index (χ4v) is 2.10. The molecule has 3 rings (SSSR count). The van der Waals surface area contributed by atoms with E-state index in [1.807, 2.05) is 60.7 Å². The average molecular weight is 235 g/mol. The lowest BCUT2D eigenvalue weighted by atomic mass is 9.99. The molecule has 1 heteroatoms. The molecule has 0 spiro atoms. The highest BCUT2D eigenvalue weighted by Gasteiger charge is 2.09. The smallest absolute Gasteiger partial charge is 0.104 e. The van der Waals surface area contributed by atoms with Gasteiger partial charge in [0.2, 0.25) is 0 Å². The summed E-state index contributed by atoms with van der Waals surface area (Å²) < 4.78 is 8.24. The summed E-state index contributed by atoms with van der Waals surface area (Å²) in [5, 5.41) is 12.6. The molecule has 0 aliphatic rings. The van der Waals surface area contributed by atoms with Crippen LogP contribution in [0.25, 0.3) is 10.8 Å². The summed E-state index contributed by atoms with van der Waals surface area (Å²) >= 11 is 0. The summed E-state index contributed by atoms with van der Waals surface area (Å²) in [7, 11) is 0. The van der Waals surface area contributed by atoms with E-state index in [4.69, 9.17) is 1.37 Å². The minimum Gasteiger partial charge on any atom is -0.384 e. The van der Waals surface area contributed by atoms with E-state index >= 15 is 0 Å². The van der Waals surface area contributed by atoms with Gasteiger partial charge in [0, 0.05) is 0 Å². The van der Waals surface area contributed by atoms with E-state index in [-0.39, 0.29) is 0 Å². The number of fused-ring (bicyclic) bond motifs is 1. The van der Waals surface area contributed by atoms with Gasteiger partial charge in [0.25, 0.3) is 0 Å². The third-order valence-electron chi connectivity index (χ3n) is 3.07. The number of aliphatic hydroxyl groups is 1. The minimum absolute atomic E-state index is 0.574. The van der Waals surface area contributed by atoms with E-state index < -0.39 is 6.08 Å². The zero-order valence-corrected chi connectivity index (χ0v) is 9.88. The van der Waals surface area contributed by atoms with E-state index in [1.54, 1.807) is 12.1 Å². The van der Waals surface area contributed by atoms with Crippen molar-refractivity contribution in [3.8, 4) is 0 Å². The van der Waals surface area contributed by atoms with Crippen LogP contribution >= 0.6 is 0 Å². The number of hydrogen-bond acceptors (Lipinski definition) is 1. The van der Waals surface area contributed by atoms with Gasteiger partial charge in [0.15, 0.2) is 0 Å². The second-order valence-corrected chi connectivity index (χ2v) is 4.28. The first kappa shape index (κ1) is 9.86. The molecule has 0 heterocycles. The van der Waals surface area contributed by atoms with Crippen LogP contribution in [0.15, 0.2) is 72.8 Å². The van der Waals surface area contributed by atoms with Crippen molar-refractivity contribution in [3.63, 3.8) is 0 Å². The van der Waals surface area contributed by atoms with Crippen LogP contribution in [0.2, 0.25) is 0 Å². The van der Waals surface area contributed by atoms with E-state index in [2.05, 4.69) is 0 Å². The topological polar surface area (TPSA) is 20.2 Å². The van der Waals surface area contributed by atoms with Crippen molar-refractivity contribution in [2.45, 2.75) is 6.08 Å². The Kier molecular flexibility index (Phi) is 2.54. The minimum atomic E-state index is -1.72. The first-order valence-electron chi connectivity index (χ1n) is 6.45. The normalized spacial score (nSPS) is 15.1. The van der Waals surface area contributed by atoms with Gasteiger partial charge in [-0.2, -0.15) is 0 Å². The Balaban J connectivity index is 2.13. The lowest BCUT2D eigenvalue weighted by molar-refractivity contribution is 0.220. The van der Waals surface area contributed by atoms with Crippen LogP contribution in [-0.4, -0.2) is 5.11 Å². The lowest BCUT2D eigenvalue weighted by Crippen LogP contribution is -1.98. The van der Waals surface area contributed by atoms with Crippen molar-refractivity contribution in [1.29, 1.82) is 0 Å². The molecule has 0 aliphatic carbocycles. The van der Waals surface area contributed by atoms with Crippen LogP contribution < -0.4 is 0 Å². The van der Waals surface area contributed by atoms with E-state index in [0.29, 0.717) is 11.1 Å². The van der Waals surface area contributed by atoms with Crippen molar-refractivity contribution in [2.24, 2.45) is 0 Å². The largest absolute Gasteiger partial charge is 0.384 e. The third-order valence-corrected chi connectivity index (χ3v) is 3.07. The zero-order valence-electron chi connectivity index (χ0n) is 10.9. The number of benzene rings is 3. The molecule has 3 aromatic carbocycles. The SMILES string of the molecule is [2H]C(O)(c1ccccc1)c1ccc2ccccc2c1. The van der Waals surface area contributed by atoms with Gasteiger partial charge in [-0.05, 0) is 28.0 Å². The molecule has 0 aromatic heterocycles. The summed E-state index contributed by atoms with van der Waals surface area (Å²) in [6.07, 6.45) is -1.72. The molecule has 0 radical (unpaired) electrons. The first-order valence-corrected chi connectivity index (χ1v) is 5.95. The molecular weight excluding hydrogens is 220 g/mol. The maximum Gasteiger partial charge on any atom is 0.104 e. The van der Waals surface area contributed by atoms with Crippen molar-refractivity contribution >= 4 is 10.8 Å². The Morgan fingerprint density at radius 3 is 2.17 bits per heavy atom. The van der Waals surface area contributed by atoms with Gasteiger partial charge in [-0.1, -0.05) is 66.7 Å². The standard InChI is InChI=1S/C17H14O/c18-17(14-7-2-1-3-8-14)16-11-10-13-6-4-5-9-15(13)12-16/h1-12,17-18H/i17D. The van der Waals surface area contributed by atoms with Gasteiger partial charge >= 0.3 is 0 Å². The predicted octanol–water partition coefficient (Wildman–Crippen LogP) is 3.92. The molecule has 0 fully saturated rings. The Morgan fingerprint density at radius 2 is 1.39 bits per heavy atom. The second-order valence-electron chi connectivity index (χ2n) is 4.28. The molecule has 1 unspecified atom stereocenters. The molecule has 1 atom stereocenters. The fourth-order valence-electron chi connectivity index (χ4n) is 2.10. The van der Waals surface area contributed by atoms with Crippen LogP contribution in [0, 0.1) is 0 Å². The first-order chi connectivity index (χ1) is 9.18. The fraction of sp³-hybridized carbons (Fsp3) is 0.0588. The zero-order chi connectivity index (χ0) is 13.3. The van der Waals surface area contributed by atoms with Gasteiger partial charge in [-0.3, -0.25) is 0 Å². The third kappa shape index (κ3) is 2.01. The Bertz CT molecular complexity index is 705. The van der Waals surface area contributed by atoms with Crippen LogP contribution in [0.4, 0.5) is 0 Å². The average Bonchev–Trinajstić information content (AvgIpc) is 2.47. The van der Waals surface area contributed by atoms with E-state index in [9.17, 15) is 5.11 Å². The summed E-state index contributed by atoms with van der Waals surface area (Å²) in [5.41, 5.74) is 1.16. The molecule has 3 aromatic rings. The monoisotopic (exact) mass is 235 g/mol. The number of rotatable bonds is 2. The molecule has 0 amide bonds. The summed E-state index contributed by atoms with van der Waals surface area (Å²) in [6.45, 7) is 0. The number of hydrogen-bond donors (Lipinski definition) is 1. The molecule has 88 valence electrons. The molecule has 0 saturated carbocycles. The highest BCUT2D eigenvalue weighted by molar-refractivity contribution is 5.83. The Hall–Kier alpha value is -2.12. The molecule has 0 saturated heterocycles. The summed E-state index contributed by atoms with van der Waals surface area (Å²) in [5.74, 6) is 0. The van der Waals surface area contributed by atoms with Crippen molar-refractivity contribution in [3.05, 3.63) is 83.9 Å². The van der Waals surface area contributed by atoms with Crippen molar-refractivity contribution in [1.82, 2.24) is 0 Å². The maximum absolute atomic E-state index is 10.5. The van der Waals surface area contributed by atoms with Gasteiger partial charge in [0.1, 0.15) is 6.08 Å². The van der Waals surface area contributed by atoms with Crippen LogP contribution in [0.3, 0.4) is 0 Å². The maximum atomic E-state index is 10.5. The highest BCUT2D eigenvalue weighted by Crippen LogP contribution is 2.25. The molecular formula is C17H14O. The van der Waals surface area contributed by atoms with Gasteiger partial charge in [0.05, 0.1) is 1.37 Å². The van der Waals surface area contributed by atoms with Crippen molar-refractivity contribution < 1.29 is 6.48 Å². The molecule has 1 N–H and O–H groups in total. The van der Waals surface area contributed by atoms with E-state index in [0.717, 1.165) is 10.8 Å². The highest BCUT2D eigenvalue weighted by atomic mass is 16.3. The Morgan fingerprint density at radius 1 is 0.722 bits per heavy atom. The predicted molar refractivity (Wildman–Crippen MR) is 74.5 cm³/mol. The van der Waals surface area contributed by atoms with Crippen LogP contribution in [0.1, 0.15) is 18.6 Å². The van der Waals surface area contributed by atoms with Crippen LogP contribution in [-0.2, 0) is 0 Å². The van der Waals surface area contributed by atoms with E-state index in [1.165, 1.54) is 0 Å². The molecule has 0 bridgehead atoms. The molecule has 1 nitrogen and oxygen atoms in total. The summed E-state index contributed by atoms with van der Waals surface area (Å²) in [4.78, 5) is 0. The van der Waals surface area contributed by atoms with Gasteiger partial charge in [-0.15, -0.1) is 0 Å². The van der Waals surface area contributed by atoms with Crippen molar-refractivity contribution in [2.75, 3.05) is 0 Å². The van der Waals surface area contributed by atoms with Gasteiger partial charge < -0.3 is 5.11 Å². The second kappa shape index (κ2) is 4.63. The quantitative estimate of drug-likeness (QED) is 0.713. The lowest BCUT2D eigenvalue weighted by Gasteiger charge is -2.12. The molecule has 18 heavy (non-hydrogen) atoms. The summed E-state index contributed by atoms with van der Waals surface area (Å²) in [6, 6.07) is 22.6.